The number of rotatable bonds is 4. The monoisotopic (exact) mass is 375 g/mol. The molecule has 0 bridgehead atoms. The van der Waals surface area contributed by atoms with Gasteiger partial charge in [0.15, 0.2) is 0 Å². The summed E-state index contributed by atoms with van der Waals surface area (Å²) in [6.07, 6.45) is 20.9. The van der Waals surface area contributed by atoms with Gasteiger partial charge in [-0.25, -0.2) is 4.98 Å². The molecule has 10 radical (unpaired) electrons. The van der Waals surface area contributed by atoms with Crippen molar-refractivity contribution in [2.45, 2.75) is 13.0 Å². The number of amidine groups is 1. The van der Waals surface area contributed by atoms with Crippen LogP contribution in [0.4, 0.5) is 5.82 Å². The maximum absolute atomic E-state index is 5.20. The molecule has 1 atom stereocenters. The van der Waals surface area contributed by atoms with E-state index in [0.29, 0.717) is 0 Å². The molecule has 0 amide bonds. The Labute approximate surface area is 174 Å². The molecular formula is C26H21N3. The van der Waals surface area contributed by atoms with E-state index in [1.54, 1.807) is 0 Å². The first-order valence-electron chi connectivity index (χ1n) is 9.82. The molecule has 2 heterocycles. The Morgan fingerprint density at radius 1 is 0.828 bits per heavy atom. The number of hydrogen-bond donors (Lipinski definition) is 0. The highest BCUT2D eigenvalue weighted by Crippen LogP contribution is 2.40. The average molecular weight is 375 g/mol. The summed E-state index contributed by atoms with van der Waals surface area (Å²) in [6.45, 7) is 2.13. The van der Waals surface area contributed by atoms with Gasteiger partial charge >= 0.3 is 0 Å². The lowest BCUT2D eigenvalue weighted by Crippen LogP contribution is -2.40. The van der Waals surface area contributed by atoms with Crippen molar-refractivity contribution in [3.63, 3.8) is 0 Å². The van der Waals surface area contributed by atoms with Crippen molar-refractivity contribution in [3.05, 3.63) is 135 Å². The van der Waals surface area contributed by atoms with E-state index in [9.17, 15) is 0 Å². The number of hydrogen-bond acceptors (Lipinski definition) is 3. The Hall–Kier alpha value is -2.42. The summed E-state index contributed by atoms with van der Waals surface area (Å²) in [7, 11) is 0. The van der Waals surface area contributed by atoms with Gasteiger partial charge in [0.25, 0.3) is 0 Å². The highest BCUT2D eigenvalue weighted by Gasteiger charge is 2.36. The molecule has 1 unspecified atom stereocenters. The maximum Gasteiger partial charge on any atom is 0.141 e. The Bertz CT molecular complexity index is 903. The first kappa shape index (κ1) is 18.6. The number of anilines is 1. The number of allylic oxidation sites excluding steroid dienone is 1. The molecule has 2 aromatic rings. The first-order valence-corrected chi connectivity index (χ1v) is 9.82. The van der Waals surface area contributed by atoms with E-state index in [-0.39, 0.29) is 6.04 Å². The molecule has 1 aromatic heterocycles. The smallest absolute Gasteiger partial charge is 0.141 e. The van der Waals surface area contributed by atoms with Gasteiger partial charge in [-0.3, -0.25) is 9.89 Å². The van der Waals surface area contributed by atoms with Crippen LogP contribution in [0.3, 0.4) is 0 Å². The van der Waals surface area contributed by atoms with Gasteiger partial charge in [0, 0.05) is 29.3 Å². The number of aryl methyl sites for hydroxylation is 1. The fourth-order valence-electron chi connectivity index (χ4n) is 3.82. The third kappa shape index (κ3) is 3.63. The quantitative estimate of drug-likeness (QED) is 0.774. The average Bonchev–Trinajstić information content (AvgIpc) is 3.48. The van der Waals surface area contributed by atoms with E-state index >= 15 is 0 Å². The Morgan fingerprint density at radius 2 is 1.55 bits per heavy atom. The molecule has 2 fully saturated rings. The van der Waals surface area contributed by atoms with Crippen molar-refractivity contribution in [2.75, 3.05) is 4.90 Å². The summed E-state index contributed by atoms with van der Waals surface area (Å²) >= 11 is 0. The lowest BCUT2D eigenvalue weighted by Gasteiger charge is -2.37. The molecule has 1 aromatic carbocycles. The summed E-state index contributed by atoms with van der Waals surface area (Å²) in [5.74, 6) is 4.14. The van der Waals surface area contributed by atoms with Crippen molar-refractivity contribution >= 4 is 11.7 Å². The standard InChI is InChI=1S/C26H21N3/c1-19-10-2-7-15-22(19)26-28-23(20-11-3-4-12-20)18-24(21-13-5-6-14-21)29(26)25-16-8-9-17-27-25/h2-18,23H,1H3. The molecule has 2 aliphatic carbocycles. The zero-order valence-electron chi connectivity index (χ0n) is 16.2. The van der Waals surface area contributed by atoms with Crippen molar-refractivity contribution in [2.24, 2.45) is 4.99 Å². The predicted molar refractivity (Wildman–Crippen MR) is 117 cm³/mol. The predicted octanol–water partition coefficient (Wildman–Crippen LogP) is 4.72. The summed E-state index contributed by atoms with van der Waals surface area (Å²) in [5.41, 5.74) is 3.41. The summed E-state index contributed by atoms with van der Waals surface area (Å²) < 4.78 is 0. The third-order valence-corrected chi connectivity index (χ3v) is 5.28. The number of aromatic nitrogens is 1. The van der Waals surface area contributed by atoms with Crippen LogP contribution in [0.5, 0.6) is 0 Å². The molecule has 3 nitrogen and oxygen atoms in total. The van der Waals surface area contributed by atoms with E-state index < -0.39 is 0 Å². The molecule has 0 spiro atoms. The zero-order valence-corrected chi connectivity index (χ0v) is 16.2. The van der Waals surface area contributed by atoms with Gasteiger partial charge in [-0.1, -0.05) is 30.3 Å². The highest BCUT2D eigenvalue weighted by atomic mass is 15.3. The van der Waals surface area contributed by atoms with E-state index in [4.69, 9.17) is 4.99 Å². The summed E-state index contributed by atoms with van der Waals surface area (Å²) in [5, 5.41) is 0. The molecular weight excluding hydrogens is 354 g/mol. The first-order chi connectivity index (χ1) is 14.3. The minimum atomic E-state index is -0.0375. The van der Waals surface area contributed by atoms with Crippen LogP contribution < -0.4 is 4.90 Å². The van der Waals surface area contributed by atoms with E-state index in [2.05, 4.69) is 98.5 Å². The number of pyridine rings is 1. The van der Waals surface area contributed by atoms with Crippen LogP contribution in [0, 0.1) is 70.1 Å². The van der Waals surface area contributed by atoms with Gasteiger partial charge in [0.2, 0.25) is 0 Å². The molecule has 1 aliphatic heterocycles. The van der Waals surface area contributed by atoms with Crippen LogP contribution in [-0.4, -0.2) is 16.9 Å². The van der Waals surface area contributed by atoms with Crippen molar-refractivity contribution in [1.29, 1.82) is 0 Å². The molecule has 3 heteroatoms. The second-order valence-corrected chi connectivity index (χ2v) is 7.18. The molecule has 5 rings (SSSR count). The molecule has 140 valence electrons. The lowest BCUT2D eigenvalue weighted by atomic mass is 9.91. The largest absolute Gasteiger partial charge is 0.282 e. The van der Waals surface area contributed by atoms with Gasteiger partial charge in [0.1, 0.15) is 11.7 Å². The summed E-state index contributed by atoms with van der Waals surface area (Å²) in [4.78, 5) is 12.0. The second-order valence-electron chi connectivity index (χ2n) is 7.18. The molecule has 29 heavy (non-hydrogen) atoms. The topological polar surface area (TPSA) is 28.5 Å². The normalized spacial score (nSPS) is 23.3. The minimum Gasteiger partial charge on any atom is -0.282 e. The molecule has 0 N–H and O–H groups in total. The van der Waals surface area contributed by atoms with Crippen LogP contribution in [0.15, 0.2) is 65.4 Å². The fraction of sp³-hybridized carbons (Fsp3) is 0.0769. The second kappa shape index (κ2) is 8.14. The van der Waals surface area contributed by atoms with E-state index in [1.165, 1.54) is 11.5 Å². The van der Waals surface area contributed by atoms with Gasteiger partial charge in [-0.05, 0) is 82.1 Å². The van der Waals surface area contributed by atoms with Crippen molar-refractivity contribution in [1.82, 2.24) is 4.98 Å². The molecule has 0 saturated heterocycles. The van der Waals surface area contributed by atoms with Crippen LogP contribution in [-0.2, 0) is 0 Å². The van der Waals surface area contributed by atoms with Crippen LogP contribution in [0.1, 0.15) is 11.1 Å². The van der Waals surface area contributed by atoms with Gasteiger partial charge in [-0.15, -0.1) is 0 Å². The van der Waals surface area contributed by atoms with Crippen LogP contribution in [0.2, 0.25) is 0 Å². The number of nitrogens with zero attached hydrogens (tertiary/aromatic N) is 3. The summed E-state index contributed by atoms with van der Waals surface area (Å²) in [6, 6.07) is 14.4. The SMILES string of the molecule is Cc1ccccc1C1=NC([C]2[CH][CH][CH][CH]2)C=C([C]2[CH][CH][CH][CH]2)N1c1ccccn1. The molecule has 2 saturated carbocycles. The highest BCUT2D eigenvalue weighted by molar-refractivity contribution is 6.13. The van der Waals surface area contributed by atoms with Gasteiger partial charge < -0.3 is 0 Å². The third-order valence-electron chi connectivity index (χ3n) is 5.28. The Kier molecular flexibility index (Phi) is 5.22. The number of aliphatic imine (C=N–C) groups is 1. The van der Waals surface area contributed by atoms with Crippen LogP contribution >= 0.6 is 0 Å². The van der Waals surface area contributed by atoms with E-state index in [1.807, 2.05) is 24.4 Å². The Balaban J connectivity index is 1.65. The van der Waals surface area contributed by atoms with Crippen molar-refractivity contribution < 1.29 is 0 Å². The fourth-order valence-corrected chi connectivity index (χ4v) is 3.82. The van der Waals surface area contributed by atoms with Crippen molar-refractivity contribution in [3.8, 4) is 0 Å². The van der Waals surface area contributed by atoms with Gasteiger partial charge in [0.05, 0.1) is 6.04 Å². The minimum absolute atomic E-state index is 0.0375. The molecule has 3 aliphatic rings. The lowest BCUT2D eigenvalue weighted by molar-refractivity contribution is 0.837. The Morgan fingerprint density at radius 3 is 2.28 bits per heavy atom. The zero-order chi connectivity index (χ0) is 19.6. The van der Waals surface area contributed by atoms with E-state index in [0.717, 1.165) is 28.8 Å². The maximum atomic E-state index is 5.20. The van der Waals surface area contributed by atoms with Crippen LogP contribution in [0.25, 0.3) is 0 Å². The number of benzene rings is 1. The van der Waals surface area contributed by atoms with Gasteiger partial charge in [-0.2, -0.15) is 0 Å².